The standard InChI is InChI=1S/C16H18N2O7S2.2Na.2H/c1-15(2)9(12(22)23)18-13(24)16(25-3,14(18)27-15)17-10(19)8(11(20)21)7-4-5-26-6-7;;;;/h4-6,8-9,14H,1-3H3,(H,17,19)(H,20,21)(H,22,23);;;;/q;2*+1;2*-1/t8?,9-,14+,16?;;;;/m0..../s1. The molecule has 0 bridgehead atoms. The minimum absolute atomic E-state index is 0. The molecule has 3 heterocycles. The molecule has 2 fully saturated rings. The van der Waals surface area contributed by atoms with Gasteiger partial charge >= 0.3 is 71.1 Å². The minimum Gasteiger partial charge on any atom is -1.00 e. The van der Waals surface area contributed by atoms with Crippen molar-refractivity contribution in [3.05, 3.63) is 22.4 Å². The normalized spacial score (nSPS) is 27.6. The topological polar surface area (TPSA) is 133 Å². The number of hydrogen-bond acceptors (Lipinski definition) is 7. The van der Waals surface area contributed by atoms with Gasteiger partial charge in [0.15, 0.2) is 5.92 Å². The van der Waals surface area contributed by atoms with E-state index in [9.17, 15) is 29.4 Å². The first kappa shape index (κ1) is 26.9. The van der Waals surface area contributed by atoms with E-state index in [1.807, 2.05) is 0 Å². The Labute approximate surface area is 222 Å². The predicted octanol–water partition coefficient (Wildman–Crippen LogP) is -5.24. The number of carbonyl (C=O) groups excluding carboxylic acids is 2. The molecule has 2 unspecified atom stereocenters. The summed E-state index contributed by atoms with van der Waals surface area (Å²) in [7, 11) is 1.22. The second-order valence-electron chi connectivity index (χ2n) is 6.78. The van der Waals surface area contributed by atoms with Crippen LogP contribution >= 0.6 is 23.1 Å². The molecule has 2 amide bonds. The predicted molar refractivity (Wildman–Crippen MR) is 98.5 cm³/mol. The quantitative estimate of drug-likeness (QED) is 0.165. The Kier molecular flexibility index (Phi) is 8.89. The molecule has 2 aliphatic heterocycles. The van der Waals surface area contributed by atoms with Crippen LogP contribution in [0.4, 0.5) is 0 Å². The van der Waals surface area contributed by atoms with Crippen LogP contribution in [0.1, 0.15) is 28.2 Å². The molecule has 9 nitrogen and oxygen atoms in total. The molecule has 3 rings (SSSR count). The Morgan fingerprint density at radius 1 is 1.31 bits per heavy atom. The fourth-order valence-electron chi connectivity index (χ4n) is 3.48. The Morgan fingerprint density at radius 3 is 2.38 bits per heavy atom. The van der Waals surface area contributed by atoms with Gasteiger partial charge < -0.3 is 28.0 Å². The Balaban J connectivity index is 0. The van der Waals surface area contributed by atoms with Crippen molar-refractivity contribution in [2.75, 3.05) is 7.11 Å². The summed E-state index contributed by atoms with van der Waals surface area (Å²) in [5, 5.41) is 23.8. The van der Waals surface area contributed by atoms with Gasteiger partial charge in [-0.1, -0.05) is 0 Å². The molecule has 13 heteroatoms. The van der Waals surface area contributed by atoms with Crippen LogP contribution in [0, 0.1) is 0 Å². The molecule has 0 saturated carbocycles. The molecule has 4 atom stereocenters. The molecule has 0 spiro atoms. The van der Waals surface area contributed by atoms with Crippen molar-refractivity contribution in [3.63, 3.8) is 0 Å². The number of carboxylic acid groups (broad SMARTS) is 2. The maximum absolute atomic E-state index is 12.8. The van der Waals surface area contributed by atoms with Crippen molar-refractivity contribution in [1.29, 1.82) is 0 Å². The number of thiophene rings is 1. The average Bonchev–Trinajstić information content (AvgIpc) is 3.16. The number of rotatable bonds is 6. The van der Waals surface area contributed by atoms with Gasteiger partial charge in [0, 0.05) is 11.9 Å². The van der Waals surface area contributed by atoms with Gasteiger partial charge in [0.2, 0.25) is 5.91 Å². The van der Waals surface area contributed by atoms with Crippen molar-refractivity contribution < 1.29 is 96.1 Å². The number of carboxylic acids is 2. The first-order valence-corrected chi connectivity index (χ1v) is 9.74. The summed E-state index contributed by atoms with van der Waals surface area (Å²) < 4.78 is 4.50. The van der Waals surface area contributed by atoms with Gasteiger partial charge in [-0.25, -0.2) is 4.79 Å². The van der Waals surface area contributed by atoms with Gasteiger partial charge in [0.1, 0.15) is 11.4 Å². The van der Waals surface area contributed by atoms with Crippen molar-refractivity contribution in [2.45, 2.75) is 41.7 Å². The Bertz CT molecular complexity index is 831. The number of ether oxygens (including phenoxy) is 1. The molecule has 2 saturated heterocycles. The number of amides is 2. The maximum atomic E-state index is 12.8. The number of hydrogen-bond donors (Lipinski definition) is 3. The van der Waals surface area contributed by atoms with Gasteiger partial charge in [-0.15, -0.1) is 11.8 Å². The van der Waals surface area contributed by atoms with Crippen molar-refractivity contribution in [3.8, 4) is 0 Å². The van der Waals surface area contributed by atoms with Gasteiger partial charge in [0.25, 0.3) is 11.6 Å². The summed E-state index contributed by atoms with van der Waals surface area (Å²) in [5.74, 6) is -5.61. The van der Waals surface area contributed by atoms with E-state index in [1.165, 1.54) is 36.3 Å². The fourth-order valence-corrected chi connectivity index (χ4v) is 5.84. The third-order valence-electron chi connectivity index (χ3n) is 4.76. The number of methoxy groups -OCH3 is 1. The van der Waals surface area contributed by atoms with Crippen LogP contribution in [0.25, 0.3) is 0 Å². The van der Waals surface area contributed by atoms with Crippen LogP contribution in [0.3, 0.4) is 0 Å². The van der Waals surface area contributed by atoms with Crippen LogP contribution in [0.15, 0.2) is 16.8 Å². The van der Waals surface area contributed by atoms with Crippen molar-refractivity contribution in [1.82, 2.24) is 10.2 Å². The summed E-state index contributed by atoms with van der Waals surface area (Å²) in [4.78, 5) is 49.9. The summed E-state index contributed by atoms with van der Waals surface area (Å²) in [5.41, 5.74) is -1.50. The van der Waals surface area contributed by atoms with Crippen molar-refractivity contribution >= 4 is 46.9 Å². The smallest absolute Gasteiger partial charge is 1.00 e. The van der Waals surface area contributed by atoms with E-state index < -0.39 is 51.6 Å². The SMILES string of the molecule is COC1(NC(=O)C(C(=O)O)c2ccsc2)C(=O)N2[C@@H](C(=O)O)C(C)(C)S[C@@H]21.[H-].[H-].[Na+].[Na+]. The largest absolute Gasteiger partial charge is 1.00 e. The molecule has 1 aromatic rings. The molecule has 0 radical (unpaired) electrons. The summed E-state index contributed by atoms with van der Waals surface area (Å²) >= 11 is 2.43. The molecule has 0 aromatic carbocycles. The van der Waals surface area contributed by atoms with Crippen LogP contribution < -0.4 is 64.4 Å². The van der Waals surface area contributed by atoms with E-state index in [0.717, 1.165) is 4.90 Å². The number of carbonyl (C=O) groups is 4. The molecule has 1 aromatic heterocycles. The summed E-state index contributed by atoms with van der Waals surface area (Å²) in [6.07, 6.45) is 0. The van der Waals surface area contributed by atoms with Gasteiger partial charge in [-0.3, -0.25) is 14.4 Å². The van der Waals surface area contributed by atoms with Gasteiger partial charge in [-0.05, 0) is 36.2 Å². The average molecular weight is 462 g/mol. The Morgan fingerprint density at radius 2 is 1.93 bits per heavy atom. The van der Waals surface area contributed by atoms with E-state index in [1.54, 1.807) is 24.6 Å². The molecule has 3 N–H and O–H groups in total. The third-order valence-corrected chi connectivity index (χ3v) is 7.07. The van der Waals surface area contributed by atoms with E-state index >= 15 is 0 Å². The molecule has 2 aliphatic rings. The summed E-state index contributed by atoms with van der Waals surface area (Å²) in [6, 6.07) is 0.443. The summed E-state index contributed by atoms with van der Waals surface area (Å²) in [6.45, 7) is 3.38. The monoisotopic (exact) mass is 462 g/mol. The molecule has 0 aliphatic carbocycles. The first-order valence-electron chi connectivity index (χ1n) is 7.92. The van der Waals surface area contributed by atoms with Crippen LogP contribution in [-0.2, 0) is 23.9 Å². The molecular formula is C16H20N2Na2O7S2. The van der Waals surface area contributed by atoms with E-state index in [0.29, 0.717) is 5.56 Å². The zero-order valence-corrected chi connectivity index (χ0v) is 22.3. The van der Waals surface area contributed by atoms with E-state index in [-0.39, 0.29) is 62.0 Å². The van der Waals surface area contributed by atoms with Crippen LogP contribution in [0.5, 0.6) is 0 Å². The number of nitrogens with one attached hydrogen (secondary N) is 1. The minimum atomic E-state index is -1.80. The zero-order valence-electron chi connectivity index (χ0n) is 18.7. The molecular weight excluding hydrogens is 442 g/mol. The molecule has 150 valence electrons. The second kappa shape index (κ2) is 9.58. The Hall–Kier alpha value is -0.110. The van der Waals surface area contributed by atoms with E-state index in [4.69, 9.17) is 4.74 Å². The van der Waals surface area contributed by atoms with Gasteiger partial charge in [-0.2, -0.15) is 11.3 Å². The number of aliphatic carboxylic acids is 2. The number of fused-ring (bicyclic) bond motifs is 1. The number of β-lactam (4-membered cyclic amide) rings is 1. The second-order valence-corrected chi connectivity index (χ2v) is 9.30. The third kappa shape index (κ3) is 4.31. The fraction of sp³-hybridized carbons (Fsp3) is 0.500. The first-order chi connectivity index (χ1) is 12.6. The number of thioether (sulfide) groups is 1. The molecule has 29 heavy (non-hydrogen) atoms. The van der Waals surface area contributed by atoms with Crippen molar-refractivity contribution in [2.24, 2.45) is 0 Å². The van der Waals surface area contributed by atoms with Crippen LogP contribution in [-0.4, -0.2) is 67.9 Å². The van der Waals surface area contributed by atoms with E-state index in [2.05, 4.69) is 5.32 Å². The maximum Gasteiger partial charge on any atom is 1.00 e. The number of nitrogens with zero attached hydrogens (tertiary/aromatic N) is 1. The zero-order chi connectivity index (χ0) is 20.1. The van der Waals surface area contributed by atoms with Gasteiger partial charge in [0.05, 0.1) is 0 Å². The van der Waals surface area contributed by atoms with Crippen LogP contribution in [0.2, 0.25) is 0 Å².